The van der Waals surface area contributed by atoms with E-state index in [1.807, 2.05) is 0 Å². The smallest absolute Gasteiger partial charge is 0.335 e. The van der Waals surface area contributed by atoms with Gasteiger partial charge in [0.1, 0.15) is 18.8 Å². The van der Waals surface area contributed by atoms with Gasteiger partial charge < -0.3 is 39.0 Å². The molecule has 12 nitrogen and oxygen atoms in total. The van der Waals surface area contributed by atoms with Crippen LogP contribution in [0.2, 0.25) is 0 Å². The Morgan fingerprint density at radius 2 is 0.797 bits per heavy atom. The minimum atomic E-state index is -1.93. The van der Waals surface area contributed by atoms with Crippen molar-refractivity contribution < 1.29 is 58.2 Å². The SMILES string of the molecule is CC/C=C\C/C=C\C/C=C\C/C=C\C/C=C\CCCCCC(=O)OC1C(OCC(COC(=O)CCCCCC/C=C\C/C=C\C/C=C\C/C=C\CC)OC(=O)CCCCCCC/C=C\CCCCCC)OC(C(=O)O)C(O)C1O. The predicted octanol–water partition coefficient (Wildman–Crippen LogP) is 16.0. The van der Waals surface area contributed by atoms with Gasteiger partial charge in [-0.2, -0.15) is 0 Å². The first-order valence-corrected chi connectivity index (χ1v) is 30.5. The fourth-order valence-corrected chi connectivity index (χ4v) is 8.38. The van der Waals surface area contributed by atoms with Crippen LogP contribution in [0.4, 0.5) is 0 Å². The number of carbonyl (C=O) groups excluding carboxylic acids is 3. The zero-order valence-corrected chi connectivity index (χ0v) is 49.1. The van der Waals surface area contributed by atoms with Gasteiger partial charge in [-0.3, -0.25) is 14.4 Å². The lowest BCUT2D eigenvalue weighted by molar-refractivity contribution is -0.301. The van der Waals surface area contributed by atoms with E-state index in [1.165, 1.54) is 25.7 Å². The Kier molecular flexibility index (Phi) is 49.1. The molecule has 6 unspecified atom stereocenters. The molecule has 0 bridgehead atoms. The average Bonchev–Trinajstić information content (AvgIpc) is 3.46. The number of hydrogen-bond acceptors (Lipinski definition) is 11. The van der Waals surface area contributed by atoms with Crippen molar-refractivity contribution in [2.75, 3.05) is 13.2 Å². The number of ether oxygens (including phenoxy) is 5. The predicted molar refractivity (Wildman–Crippen MR) is 321 cm³/mol. The maximum absolute atomic E-state index is 13.1. The van der Waals surface area contributed by atoms with Gasteiger partial charge >= 0.3 is 23.9 Å². The van der Waals surface area contributed by atoms with Crippen molar-refractivity contribution >= 4 is 23.9 Å². The summed E-state index contributed by atoms with van der Waals surface area (Å²) in [7, 11) is 0. The quantitative estimate of drug-likeness (QED) is 0.0228. The molecule has 1 saturated heterocycles. The van der Waals surface area contributed by atoms with E-state index < -0.39 is 67.3 Å². The van der Waals surface area contributed by atoms with Crippen LogP contribution in [0.25, 0.3) is 0 Å². The zero-order valence-electron chi connectivity index (χ0n) is 49.1. The van der Waals surface area contributed by atoms with E-state index in [0.717, 1.165) is 141 Å². The summed E-state index contributed by atoms with van der Waals surface area (Å²) in [6, 6.07) is 0. The van der Waals surface area contributed by atoms with Gasteiger partial charge in [-0.15, -0.1) is 0 Å². The van der Waals surface area contributed by atoms with Crippen molar-refractivity contribution in [3.8, 4) is 0 Å². The number of hydrogen-bond donors (Lipinski definition) is 3. The fourth-order valence-electron chi connectivity index (χ4n) is 8.38. The van der Waals surface area contributed by atoms with Gasteiger partial charge in [-0.05, 0) is 128 Å². The molecule has 0 amide bonds. The number of allylic oxidation sites excluding steroid dienone is 20. The molecule has 6 atom stereocenters. The molecule has 0 aromatic rings. The van der Waals surface area contributed by atoms with Crippen LogP contribution in [0.5, 0.6) is 0 Å². The normalized spacial score (nSPS) is 18.7. The first-order chi connectivity index (χ1) is 38.6. The van der Waals surface area contributed by atoms with Crippen molar-refractivity contribution in [3.05, 3.63) is 122 Å². The van der Waals surface area contributed by atoms with Gasteiger partial charge in [-0.1, -0.05) is 200 Å². The van der Waals surface area contributed by atoms with Gasteiger partial charge in [-0.25, -0.2) is 4.79 Å². The maximum Gasteiger partial charge on any atom is 0.335 e. The first-order valence-electron chi connectivity index (χ1n) is 30.5. The molecule has 79 heavy (non-hydrogen) atoms. The summed E-state index contributed by atoms with van der Waals surface area (Å²) in [4.78, 5) is 51.2. The van der Waals surface area contributed by atoms with Crippen molar-refractivity contribution in [3.63, 3.8) is 0 Å². The lowest BCUT2D eigenvalue weighted by atomic mass is 9.98. The first kappa shape index (κ1) is 72.1. The summed E-state index contributed by atoms with van der Waals surface area (Å²) < 4.78 is 28.4. The summed E-state index contributed by atoms with van der Waals surface area (Å²) in [6.45, 7) is 5.70. The monoisotopic (exact) mass is 1100 g/mol. The Hall–Kier alpha value is -4.88. The number of rotatable bonds is 50. The summed E-state index contributed by atoms with van der Waals surface area (Å²) in [6.07, 6.45) is 61.6. The Labute approximate surface area is 478 Å². The molecule has 0 aliphatic carbocycles. The van der Waals surface area contributed by atoms with E-state index in [4.69, 9.17) is 23.7 Å². The standard InChI is InChI=1S/C67H106O12/c1-4-7-10-13-16-19-22-25-27-29-30-32-34-37-40-43-46-49-52-55-61(70)78-65-63(72)62(71)64(66(73)74)79-67(65)76-57-58(77-60(69)54-51-48-45-42-39-35-24-21-18-15-12-9-6-3)56-75-59(68)53-50-47-44-41-38-36-33-31-28-26-23-20-17-14-11-8-5-2/h7-8,10-11,16-17,19-21,24-28,30,32-33,36-37,40,58,62-65,67,71-72H,4-6,9,12-15,18,22-23,29,31,34-35,38-39,41-57H2,1-3H3,(H,73,74)/b10-7-,11-8-,19-16-,20-17-,24-21-,27-25-,28-26-,32-30-,36-33-,40-37-. The molecule has 1 aliphatic rings. The third kappa shape index (κ3) is 43.6. The number of esters is 3. The molecule has 3 N–H and O–H groups in total. The molecule has 0 saturated carbocycles. The second-order valence-corrected chi connectivity index (χ2v) is 20.2. The van der Waals surface area contributed by atoms with Crippen molar-refractivity contribution in [2.24, 2.45) is 0 Å². The summed E-state index contributed by atoms with van der Waals surface area (Å²) in [5.74, 6) is -3.22. The highest BCUT2D eigenvalue weighted by molar-refractivity contribution is 5.74. The van der Waals surface area contributed by atoms with E-state index in [-0.39, 0.29) is 25.9 Å². The van der Waals surface area contributed by atoms with Crippen molar-refractivity contribution in [1.82, 2.24) is 0 Å². The van der Waals surface area contributed by atoms with Crippen LogP contribution in [0.1, 0.15) is 226 Å². The molecule has 446 valence electrons. The Bertz CT molecular complexity index is 1840. The van der Waals surface area contributed by atoms with Crippen LogP contribution in [-0.4, -0.2) is 89.2 Å². The van der Waals surface area contributed by atoms with Gasteiger partial charge in [0.05, 0.1) is 6.61 Å². The summed E-state index contributed by atoms with van der Waals surface area (Å²) in [5.41, 5.74) is 0. The lowest BCUT2D eigenvalue weighted by Gasteiger charge is -2.40. The van der Waals surface area contributed by atoms with Gasteiger partial charge in [0, 0.05) is 19.3 Å². The van der Waals surface area contributed by atoms with Crippen LogP contribution >= 0.6 is 0 Å². The van der Waals surface area contributed by atoms with Gasteiger partial charge in [0.25, 0.3) is 0 Å². The van der Waals surface area contributed by atoms with E-state index in [0.29, 0.717) is 19.3 Å². The maximum atomic E-state index is 13.1. The number of aliphatic hydroxyl groups is 2. The van der Waals surface area contributed by atoms with E-state index in [9.17, 15) is 34.5 Å². The molecule has 12 heteroatoms. The van der Waals surface area contributed by atoms with Crippen LogP contribution < -0.4 is 0 Å². The number of carbonyl (C=O) groups is 4. The molecule has 0 aromatic heterocycles. The molecule has 0 spiro atoms. The number of unbranched alkanes of at least 4 members (excludes halogenated alkanes) is 16. The topological polar surface area (TPSA) is 175 Å². The molecule has 0 radical (unpaired) electrons. The number of carboxylic acid groups (broad SMARTS) is 1. The highest BCUT2D eigenvalue weighted by Gasteiger charge is 2.50. The summed E-state index contributed by atoms with van der Waals surface area (Å²) in [5, 5.41) is 31.5. The molecule has 1 aliphatic heterocycles. The molecular formula is C67H106O12. The zero-order chi connectivity index (χ0) is 57.5. The van der Waals surface area contributed by atoms with Gasteiger partial charge in [0.2, 0.25) is 0 Å². The molecule has 1 heterocycles. The van der Waals surface area contributed by atoms with E-state index >= 15 is 0 Å². The highest BCUT2D eigenvalue weighted by Crippen LogP contribution is 2.26. The van der Waals surface area contributed by atoms with Crippen molar-refractivity contribution in [2.45, 2.75) is 263 Å². The molecule has 1 rings (SSSR count). The average molecular weight is 1100 g/mol. The van der Waals surface area contributed by atoms with Crippen molar-refractivity contribution in [1.29, 1.82) is 0 Å². The van der Waals surface area contributed by atoms with Crippen LogP contribution in [0.3, 0.4) is 0 Å². The Morgan fingerprint density at radius 3 is 1.24 bits per heavy atom. The second-order valence-electron chi connectivity index (χ2n) is 20.2. The third-order valence-electron chi connectivity index (χ3n) is 13.0. The summed E-state index contributed by atoms with van der Waals surface area (Å²) >= 11 is 0. The number of aliphatic carboxylic acids is 1. The number of aliphatic hydroxyl groups excluding tert-OH is 2. The third-order valence-corrected chi connectivity index (χ3v) is 13.0. The minimum absolute atomic E-state index is 0.0117. The Morgan fingerprint density at radius 1 is 0.430 bits per heavy atom. The molecular weight excluding hydrogens is 997 g/mol. The lowest BCUT2D eigenvalue weighted by Crippen LogP contribution is -2.61. The molecule has 0 aromatic carbocycles. The van der Waals surface area contributed by atoms with Gasteiger partial charge in [0.15, 0.2) is 24.6 Å². The van der Waals surface area contributed by atoms with Crippen LogP contribution in [0, 0.1) is 0 Å². The van der Waals surface area contributed by atoms with E-state index in [1.54, 1.807) is 0 Å². The number of carboxylic acids is 1. The second kappa shape index (κ2) is 53.7. The van der Waals surface area contributed by atoms with Crippen LogP contribution in [-0.2, 0) is 42.9 Å². The molecule has 1 fully saturated rings. The van der Waals surface area contributed by atoms with Crippen LogP contribution in [0.15, 0.2) is 122 Å². The highest BCUT2D eigenvalue weighted by atomic mass is 16.7. The fraction of sp³-hybridized carbons (Fsp3) is 0.642. The van der Waals surface area contributed by atoms with E-state index in [2.05, 4.69) is 142 Å². The largest absolute Gasteiger partial charge is 0.479 e. The minimum Gasteiger partial charge on any atom is -0.479 e. The Balaban J connectivity index is 2.72.